The van der Waals surface area contributed by atoms with Gasteiger partial charge in [0.15, 0.2) is 0 Å². The zero-order chi connectivity index (χ0) is 35.1. The van der Waals surface area contributed by atoms with Crippen LogP contribution in [0.25, 0.3) is 10.6 Å². The minimum Gasteiger partial charge on any atom is -0.472 e. The lowest BCUT2D eigenvalue weighted by Gasteiger charge is -2.32. The van der Waals surface area contributed by atoms with Crippen LogP contribution in [0.4, 0.5) is 4.79 Å². The average Bonchev–Trinajstić information content (AvgIpc) is 3.79. The zero-order valence-electron chi connectivity index (χ0n) is 27.6. The molecule has 0 unspecified atom stereocenters. The number of nitrogens with zero attached hydrogens (tertiary/aromatic N) is 3. The summed E-state index contributed by atoms with van der Waals surface area (Å²) in [4.78, 5) is 64.0. The highest BCUT2D eigenvalue weighted by Crippen LogP contribution is 2.47. The summed E-state index contributed by atoms with van der Waals surface area (Å²) in [7, 11) is -3.99. The summed E-state index contributed by atoms with van der Waals surface area (Å²) in [6.45, 7) is 5.37. The van der Waals surface area contributed by atoms with E-state index in [0.717, 1.165) is 17.0 Å². The number of fused-ring (bicyclic) bond motifs is 2. The molecule has 2 aliphatic heterocycles. The number of carboxylic acid groups (broad SMARTS) is 1. The number of carbonyl (C=O) groups is 4. The van der Waals surface area contributed by atoms with E-state index in [2.05, 4.69) is 25.3 Å². The molecule has 0 spiro atoms. The predicted octanol–water partition coefficient (Wildman–Crippen LogP) is 3.08. The lowest BCUT2D eigenvalue weighted by molar-refractivity contribution is -0.142. The minimum absolute atomic E-state index is 0.0277. The maximum absolute atomic E-state index is 14.3. The van der Waals surface area contributed by atoms with E-state index in [0.29, 0.717) is 25.7 Å². The maximum atomic E-state index is 14.3. The van der Waals surface area contributed by atoms with Crippen molar-refractivity contribution in [1.82, 2.24) is 30.2 Å². The number of hydrogen-bond donors (Lipinski definition) is 4. The fraction of sp³-hybridized carbons (Fsp3) is 0.576. The molecule has 7 atom stereocenters. The number of sulfonamides is 1. The molecule has 0 bridgehead atoms. The summed E-state index contributed by atoms with van der Waals surface area (Å²) in [6.07, 6.45) is 8.01. The molecule has 49 heavy (non-hydrogen) atoms. The fourth-order valence-corrected chi connectivity index (χ4v) is 8.82. The first-order valence-corrected chi connectivity index (χ1v) is 19.0. The van der Waals surface area contributed by atoms with Gasteiger partial charge in [-0.1, -0.05) is 26.0 Å². The van der Waals surface area contributed by atoms with Crippen molar-refractivity contribution < 1.29 is 37.4 Å². The largest absolute Gasteiger partial charge is 0.472 e. The molecule has 2 saturated carbocycles. The van der Waals surface area contributed by atoms with Gasteiger partial charge in [0.25, 0.3) is 5.91 Å². The van der Waals surface area contributed by atoms with Gasteiger partial charge in [-0.2, -0.15) is 0 Å². The molecule has 4 amide bonds. The van der Waals surface area contributed by atoms with Gasteiger partial charge in [0.2, 0.25) is 27.7 Å². The van der Waals surface area contributed by atoms with Crippen molar-refractivity contribution in [3.8, 4) is 16.5 Å². The van der Waals surface area contributed by atoms with E-state index >= 15 is 0 Å². The van der Waals surface area contributed by atoms with Crippen LogP contribution in [0.5, 0.6) is 5.88 Å². The molecule has 1 saturated heterocycles. The normalized spacial score (nSPS) is 31.3. The van der Waals surface area contributed by atoms with Crippen LogP contribution in [0.1, 0.15) is 65.7 Å². The Balaban J connectivity index is 1.31. The Labute approximate surface area is 289 Å². The average molecular weight is 715 g/mol. The number of nitrogens with one attached hydrogen (secondary N) is 3. The Morgan fingerprint density at radius 3 is 2.63 bits per heavy atom. The van der Waals surface area contributed by atoms with Gasteiger partial charge < -0.3 is 25.4 Å². The highest BCUT2D eigenvalue weighted by atomic mass is 32.2. The van der Waals surface area contributed by atoms with Crippen molar-refractivity contribution in [3.05, 3.63) is 42.1 Å². The van der Waals surface area contributed by atoms with Crippen LogP contribution in [-0.2, 0) is 24.4 Å². The molecular weight excluding hydrogens is 673 g/mol. The Kier molecular flexibility index (Phi) is 9.48. The van der Waals surface area contributed by atoms with E-state index in [-0.39, 0.29) is 31.2 Å². The number of amides is 4. The molecule has 4 N–H and O–H groups in total. The summed E-state index contributed by atoms with van der Waals surface area (Å²) in [5.74, 6) is -2.50. The molecular formula is C33H42N6O8S2. The Hall–Kier alpha value is -4.05. The van der Waals surface area contributed by atoms with Gasteiger partial charge in [0.1, 0.15) is 28.7 Å². The Bertz CT molecular complexity index is 1750. The first-order chi connectivity index (χ1) is 23.2. The molecule has 2 aromatic heterocycles. The standard InChI is InChI=1S/C33H42N6O8S2/c1-19-6-4-5-7-22-17-33(22,30(42)38-49(45,46)32(3)9-10-32)37-27(40)24-16-23(18-39(24)29(41)26(20(2)14-19)36-31(43)44)47-25-15-21(8-11-34-25)28-35-12-13-48-28/h5,7-8,11-13,15,19-20,22-24,26,36H,4,6,9-10,14,16-18H2,1-3H3,(H,37,40)(H,38,42)(H,43,44)/t19-,20+,22+,23+,24-,26-,33+/m0/s1. The van der Waals surface area contributed by atoms with Gasteiger partial charge in [0.05, 0.1) is 11.3 Å². The number of ether oxygens (including phenoxy) is 1. The predicted molar refractivity (Wildman–Crippen MR) is 180 cm³/mol. The molecule has 0 radical (unpaired) electrons. The summed E-state index contributed by atoms with van der Waals surface area (Å²) >= 11 is 1.45. The van der Waals surface area contributed by atoms with Gasteiger partial charge >= 0.3 is 6.09 Å². The van der Waals surface area contributed by atoms with Crippen molar-refractivity contribution in [2.45, 2.75) is 94.2 Å². The first kappa shape index (κ1) is 34.8. The third kappa shape index (κ3) is 7.30. The summed E-state index contributed by atoms with van der Waals surface area (Å²) in [5, 5.41) is 17.5. The highest BCUT2D eigenvalue weighted by Gasteiger charge is 2.63. The smallest absolute Gasteiger partial charge is 0.405 e. The van der Waals surface area contributed by atoms with Crippen LogP contribution in [0.2, 0.25) is 0 Å². The van der Waals surface area contributed by atoms with Gasteiger partial charge in [-0.25, -0.2) is 23.2 Å². The number of thiazole rings is 1. The summed E-state index contributed by atoms with van der Waals surface area (Å²) in [6, 6.07) is 1.23. The van der Waals surface area contributed by atoms with Crippen molar-refractivity contribution >= 4 is 45.2 Å². The summed E-state index contributed by atoms with van der Waals surface area (Å²) < 4.78 is 33.5. The molecule has 14 nitrogen and oxygen atoms in total. The number of allylic oxidation sites excluding steroid dienone is 1. The van der Waals surface area contributed by atoms with Crippen molar-refractivity contribution in [2.24, 2.45) is 17.8 Å². The number of rotatable bonds is 7. The van der Waals surface area contributed by atoms with E-state index < -0.39 is 74.1 Å². The third-order valence-electron chi connectivity index (χ3n) is 10.2. The maximum Gasteiger partial charge on any atom is 0.405 e. The van der Waals surface area contributed by atoms with Crippen molar-refractivity contribution in [1.29, 1.82) is 0 Å². The zero-order valence-corrected chi connectivity index (χ0v) is 29.3. The van der Waals surface area contributed by atoms with Crippen LogP contribution >= 0.6 is 11.3 Å². The van der Waals surface area contributed by atoms with Crippen molar-refractivity contribution in [2.75, 3.05) is 6.54 Å². The van der Waals surface area contributed by atoms with Gasteiger partial charge in [-0.3, -0.25) is 19.1 Å². The summed E-state index contributed by atoms with van der Waals surface area (Å²) in [5.41, 5.74) is -0.743. The fourth-order valence-electron chi connectivity index (χ4n) is 6.87. The second kappa shape index (κ2) is 13.3. The molecule has 2 aromatic rings. The lowest BCUT2D eigenvalue weighted by Crippen LogP contribution is -2.59. The molecule has 6 rings (SSSR count). The molecule has 3 fully saturated rings. The van der Waals surface area contributed by atoms with E-state index in [1.807, 2.05) is 31.4 Å². The topological polar surface area (TPSA) is 197 Å². The molecule has 4 heterocycles. The van der Waals surface area contributed by atoms with Crippen molar-refractivity contribution in [3.63, 3.8) is 0 Å². The minimum atomic E-state index is -3.99. The van der Waals surface area contributed by atoms with E-state index in [4.69, 9.17) is 4.74 Å². The van der Waals surface area contributed by atoms with Gasteiger partial charge in [-0.15, -0.1) is 11.3 Å². The molecule has 2 aliphatic carbocycles. The van der Waals surface area contributed by atoms with Crippen LogP contribution in [0.3, 0.4) is 0 Å². The Morgan fingerprint density at radius 2 is 1.94 bits per heavy atom. The molecule has 0 aromatic carbocycles. The van der Waals surface area contributed by atoms with Crippen LogP contribution in [0.15, 0.2) is 42.1 Å². The lowest BCUT2D eigenvalue weighted by atomic mass is 9.88. The monoisotopic (exact) mass is 714 g/mol. The number of aromatic nitrogens is 2. The third-order valence-corrected chi connectivity index (χ3v) is 13.2. The molecule has 4 aliphatic rings. The second-order valence-corrected chi connectivity index (χ2v) is 17.2. The van der Waals surface area contributed by atoms with Gasteiger partial charge in [0, 0.05) is 41.7 Å². The van der Waals surface area contributed by atoms with E-state index in [9.17, 15) is 32.7 Å². The van der Waals surface area contributed by atoms with Crippen LogP contribution in [0, 0.1) is 17.8 Å². The Morgan fingerprint density at radius 1 is 1.16 bits per heavy atom. The van der Waals surface area contributed by atoms with E-state index in [1.54, 1.807) is 31.5 Å². The quantitative estimate of drug-likeness (QED) is 0.310. The SMILES string of the molecule is C[C@H]1CCC=C[C@@H]2C[C@@]2(C(=O)NS(=O)(=O)C2(C)CC2)NC(=O)[C@@H]2C[C@@H](Oc3cc(-c4nccs4)ccn3)CN2C(=O)[C@@H](NC(=O)O)[C@H](C)C1. The number of pyridine rings is 1. The second-order valence-electron chi connectivity index (χ2n) is 14.1. The molecule has 16 heteroatoms. The van der Waals surface area contributed by atoms with Gasteiger partial charge in [-0.05, 0) is 63.4 Å². The van der Waals surface area contributed by atoms with Crippen LogP contribution in [-0.4, -0.2) is 87.2 Å². The van der Waals surface area contributed by atoms with Crippen LogP contribution < -0.4 is 20.1 Å². The highest BCUT2D eigenvalue weighted by molar-refractivity contribution is 7.91. The van der Waals surface area contributed by atoms with E-state index in [1.165, 1.54) is 16.2 Å². The number of hydrogen-bond acceptors (Lipinski definition) is 10. The molecule has 264 valence electrons. The first-order valence-electron chi connectivity index (χ1n) is 16.6. The number of carbonyl (C=O) groups excluding carboxylic acids is 3.